The molecule has 1 atom stereocenters. The SMILES string of the molecule is C=CCCCCCC(NCC)c1cccc(C)c1I. The second-order valence-electron chi connectivity index (χ2n) is 5.02. The Balaban J connectivity index is 2.60. The number of benzene rings is 1. The maximum absolute atomic E-state index is 3.78. The van der Waals surface area contributed by atoms with Gasteiger partial charge in [-0.25, -0.2) is 0 Å². The zero-order valence-corrected chi connectivity index (χ0v) is 14.4. The monoisotopic (exact) mass is 371 g/mol. The van der Waals surface area contributed by atoms with Crippen molar-refractivity contribution in [2.24, 2.45) is 0 Å². The molecule has 0 heterocycles. The van der Waals surface area contributed by atoms with Gasteiger partial charge in [-0.15, -0.1) is 6.58 Å². The molecule has 106 valence electrons. The summed E-state index contributed by atoms with van der Waals surface area (Å²) in [7, 11) is 0. The molecule has 0 aliphatic carbocycles. The van der Waals surface area contributed by atoms with Crippen LogP contribution in [0.1, 0.15) is 56.2 Å². The fourth-order valence-corrected chi connectivity index (χ4v) is 3.10. The topological polar surface area (TPSA) is 12.0 Å². The molecule has 0 fully saturated rings. The Morgan fingerprint density at radius 3 is 2.79 bits per heavy atom. The molecule has 19 heavy (non-hydrogen) atoms. The fourth-order valence-electron chi connectivity index (χ4n) is 2.37. The van der Waals surface area contributed by atoms with E-state index < -0.39 is 0 Å². The Kier molecular flexibility index (Phi) is 8.38. The minimum atomic E-state index is 0.500. The number of allylic oxidation sites excluding steroid dienone is 1. The summed E-state index contributed by atoms with van der Waals surface area (Å²) < 4.78 is 1.41. The molecule has 0 aliphatic rings. The Bertz CT molecular complexity index is 387. The third-order valence-corrected chi connectivity index (χ3v) is 4.92. The average molecular weight is 371 g/mol. The van der Waals surface area contributed by atoms with Crippen LogP contribution in [0, 0.1) is 10.5 Å². The fraction of sp³-hybridized carbons (Fsp3) is 0.529. The molecule has 1 N–H and O–H groups in total. The standard InChI is InChI=1S/C17H26IN/c1-4-6-7-8-9-13-16(19-5-2)15-12-10-11-14(3)17(15)18/h4,10-12,16,19H,1,5-9,13H2,2-3H3. The van der Waals surface area contributed by atoms with Crippen molar-refractivity contribution < 1.29 is 0 Å². The van der Waals surface area contributed by atoms with Gasteiger partial charge in [0.1, 0.15) is 0 Å². The van der Waals surface area contributed by atoms with Crippen LogP contribution >= 0.6 is 22.6 Å². The number of hydrogen-bond donors (Lipinski definition) is 1. The molecule has 1 aromatic carbocycles. The van der Waals surface area contributed by atoms with Crippen molar-refractivity contribution in [2.75, 3.05) is 6.54 Å². The van der Waals surface area contributed by atoms with E-state index in [9.17, 15) is 0 Å². The maximum atomic E-state index is 3.78. The first-order valence-corrected chi connectivity index (χ1v) is 8.37. The highest BCUT2D eigenvalue weighted by atomic mass is 127. The van der Waals surface area contributed by atoms with E-state index in [1.807, 2.05) is 6.08 Å². The predicted molar refractivity (Wildman–Crippen MR) is 93.6 cm³/mol. The average Bonchev–Trinajstić information content (AvgIpc) is 2.41. The van der Waals surface area contributed by atoms with Crippen LogP contribution in [0.5, 0.6) is 0 Å². The van der Waals surface area contributed by atoms with E-state index in [2.05, 4.69) is 66.5 Å². The molecular weight excluding hydrogens is 345 g/mol. The van der Waals surface area contributed by atoms with E-state index in [-0.39, 0.29) is 0 Å². The van der Waals surface area contributed by atoms with Crippen LogP contribution in [0.3, 0.4) is 0 Å². The summed E-state index contributed by atoms with van der Waals surface area (Å²) in [5.41, 5.74) is 2.85. The largest absolute Gasteiger partial charge is 0.310 e. The predicted octanol–water partition coefficient (Wildman–Crippen LogP) is 5.39. The molecule has 1 unspecified atom stereocenters. The third kappa shape index (κ3) is 5.65. The number of unbranched alkanes of at least 4 members (excludes halogenated alkanes) is 3. The van der Waals surface area contributed by atoms with E-state index >= 15 is 0 Å². The van der Waals surface area contributed by atoms with Crippen molar-refractivity contribution in [3.05, 3.63) is 45.6 Å². The van der Waals surface area contributed by atoms with E-state index in [4.69, 9.17) is 0 Å². The number of nitrogens with one attached hydrogen (secondary N) is 1. The van der Waals surface area contributed by atoms with Gasteiger partial charge in [-0.2, -0.15) is 0 Å². The summed E-state index contributed by atoms with van der Waals surface area (Å²) in [6.45, 7) is 9.19. The summed E-state index contributed by atoms with van der Waals surface area (Å²) in [6, 6.07) is 7.14. The van der Waals surface area contributed by atoms with Gasteiger partial charge in [0.2, 0.25) is 0 Å². The second-order valence-corrected chi connectivity index (χ2v) is 6.09. The second kappa shape index (κ2) is 9.54. The van der Waals surface area contributed by atoms with Gasteiger partial charge < -0.3 is 5.32 Å². The van der Waals surface area contributed by atoms with E-state index in [1.165, 1.54) is 40.4 Å². The Morgan fingerprint density at radius 2 is 2.11 bits per heavy atom. The van der Waals surface area contributed by atoms with Crippen LogP contribution in [0.2, 0.25) is 0 Å². The minimum absolute atomic E-state index is 0.500. The highest BCUT2D eigenvalue weighted by molar-refractivity contribution is 14.1. The molecule has 1 aromatic rings. The Hall–Kier alpha value is -0.350. The zero-order chi connectivity index (χ0) is 14.1. The van der Waals surface area contributed by atoms with Crippen molar-refractivity contribution in [1.82, 2.24) is 5.32 Å². The van der Waals surface area contributed by atoms with Crippen LogP contribution in [0.4, 0.5) is 0 Å². The maximum Gasteiger partial charge on any atom is 0.0330 e. The van der Waals surface area contributed by atoms with Crippen LogP contribution < -0.4 is 5.32 Å². The summed E-state index contributed by atoms with van der Waals surface area (Å²) >= 11 is 2.48. The highest BCUT2D eigenvalue weighted by Crippen LogP contribution is 2.26. The minimum Gasteiger partial charge on any atom is -0.310 e. The summed E-state index contributed by atoms with van der Waals surface area (Å²) in [4.78, 5) is 0. The lowest BCUT2D eigenvalue weighted by Crippen LogP contribution is -2.22. The molecule has 0 aliphatic heterocycles. The Morgan fingerprint density at radius 1 is 1.32 bits per heavy atom. The molecule has 0 amide bonds. The molecule has 0 radical (unpaired) electrons. The Labute approximate surface area is 132 Å². The summed E-state index contributed by atoms with van der Waals surface area (Å²) in [6.07, 6.45) is 8.25. The lowest BCUT2D eigenvalue weighted by Gasteiger charge is -2.20. The molecule has 0 aromatic heterocycles. The molecule has 1 nitrogen and oxygen atoms in total. The summed E-state index contributed by atoms with van der Waals surface area (Å²) in [5, 5.41) is 3.63. The first kappa shape index (κ1) is 16.7. The van der Waals surface area contributed by atoms with Gasteiger partial charge in [0.15, 0.2) is 0 Å². The van der Waals surface area contributed by atoms with Crippen molar-refractivity contribution >= 4 is 22.6 Å². The van der Waals surface area contributed by atoms with Gasteiger partial charge in [0.05, 0.1) is 0 Å². The quantitative estimate of drug-likeness (QED) is 0.349. The van der Waals surface area contributed by atoms with Gasteiger partial charge >= 0.3 is 0 Å². The first-order valence-electron chi connectivity index (χ1n) is 7.30. The molecule has 2 heteroatoms. The number of aryl methyl sites for hydroxylation is 1. The van der Waals surface area contributed by atoms with Gasteiger partial charge in [0, 0.05) is 9.61 Å². The van der Waals surface area contributed by atoms with Crippen molar-refractivity contribution in [3.63, 3.8) is 0 Å². The van der Waals surface area contributed by atoms with E-state index in [0.717, 1.165) is 13.0 Å². The van der Waals surface area contributed by atoms with Crippen LogP contribution in [-0.4, -0.2) is 6.54 Å². The van der Waals surface area contributed by atoms with E-state index in [1.54, 1.807) is 0 Å². The lowest BCUT2D eigenvalue weighted by molar-refractivity contribution is 0.482. The zero-order valence-electron chi connectivity index (χ0n) is 12.2. The highest BCUT2D eigenvalue weighted by Gasteiger charge is 2.13. The van der Waals surface area contributed by atoms with Crippen molar-refractivity contribution in [3.8, 4) is 0 Å². The summed E-state index contributed by atoms with van der Waals surface area (Å²) in [5.74, 6) is 0. The van der Waals surface area contributed by atoms with Crippen molar-refractivity contribution in [2.45, 2.75) is 52.0 Å². The van der Waals surface area contributed by atoms with Gasteiger partial charge in [-0.3, -0.25) is 0 Å². The van der Waals surface area contributed by atoms with Crippen LogP contribution in [-0.2, 0) is 0 Å². The number of rotatable bonds is 9. The van der Waals surface area contributed by atoms with Gasteiger partial charge in [-0.05, 0) is 66.4 Å². The molecular formula is C17H26IN. The molecule has 0 bridgehead atoms. The lowest BCUT2D eigenvalue weighted by atomic mass is 9.98. The normalized spacial score (nSPS) is 12.4. The van der Waals surface area contributed by atoms with Gasteiger partial charge in [-0.1, -0.05) is 44.0 Å². The van der Waals surface area contributed by atoms with Crippen molar-refractivity contribution in [1.29, 1.82) is 0 Å². The smallest absolute Gasteiger partial charge is 0.0330 e. The third-order valence-electron chi connectivity index (χ3n) is 3.45. The molecule has 0 saturated heterocycles. The van der Waals surface area contributed by atoms with Gasteiger partial charge in [0.25, 0.3) is 0 Å². The van der Waals surface area contributed by atoms with Crippen LogP contribution in [0.25, 0.3) is 0 Å². The number of halogens is 1. The number of hydrogen-bond acceptors (Lipinski definition) is 1. The van der Waals surface area contributed by atoms with Crippen LogP contribution in [0.15, 0.2) is 30.9 Å². The molecule has 1 rings (SSSR count). The van der Waals surface area contributed by atoms with E-state index in [0.29, 0.717) is 6.04 Å². The first-order chi connectivity index (χ1) is 9.20. The molecule has 0 spiro atoms. The molecule has 0 saturated carbocycles.